The van der Waals surface area contributed by atoms with E-state index in [9.17, 15) is 4.79 Å². The average molecular weight is 224 g/mol. The summed E-state index contributed by atoms with van der Waals surface area (Å²) in [5.74, 6) is -0.410. The van der Waals surface area contributed by atoms with Crippen molar-refractivity contribution < 1.29 is 9.53 Å². The second-order valence-electron chi connectivity index (χ2n) is 2.95. The number of esters is 1. The number of benzene rings is 1. The summed E-state index contributed by atoms with van der Waals surface area (Å²) >= 11 is 5.71. The normalized spacial score (nSPS) is 11.5. The van der Waals surface area contributed by atoms with E-state index in [0.29, 0.717) is 12.0 Å². The third-order valence-electron chi connectivity index (χ3n) is 1.96. The number of hydrogen-bond donors (Lipinski definition) is 0. The molecule has 1 aromatic rings. The first-order valence-corrected chi connectivity index (χ1v) is 4.82. The van der Waals surface area contributed by atoms with Crippen LogP contribution in [0, 0.1) is 11.3 Å². The van der Waals surface area contributed by atoms with E-state index in [1.54, 1.807) is 24.3 Å². The van der Waals surface area contributed by atoms with Crippen LogP contribution in [0.3, 0.4) is 0 Å². The number of nitrogens with zero attached hydrogens (tertiary/aromatic N) is 1. The molecule has 1 atom stereocenters. The molecule has 0 heterocycles. The number of nitriles is 1. The number of ether oxygens (including phenoxy) is 1. The van der Waals surface area contributed by atoms with E-state index >= 15 is 0 Å². The summed E-state index contributed by atoms with van der Waals surface area (Å²) in [4.78, 5) is 11.4. The van der Waals surface area contributed by atoms with Crippen LogP contribution in [0.15, 0.2) is 24.3 Å². The number of halogens is 1. The van der Waals surface area contributed by atoms with Gasteiger partial charge in [-0.3, -0.25) is 0 Å². The van der Waals surface area contributed by atoms with Crippen LogP contribution in [-0.4, -0.2) is 18.5 Å². The number of hydrogen-bond acceptors (Lipinski definition) is 3. The fraction of sp³-hybridized carbons (Fsp3) is 0.273. The third-order valence-corrected chi connectivity index (χ3v) is 2.21. The topological polar surface area (TPSA) is 50.1 Å². The first-order valence-electron chi connectivity index (χ1n) is 4.39. The largest absolute Gasteiger partial charge is 0.465 e. The minimum atomic E-state index is -0.629. The van der Waals surface area contributed by atoms with Gasteiger partial charge in [-0.2, -0.15) is 5.26 Å². The molecule has 0 aliphatic carbocycles. The fourth-order valence-electron chi connectivity index (χ4n) is 1.25. The van der Waals surface area contributed by atoms with Crippen molar-refractivity contribution in [2.24, 2.45) is 0 Å². The van der Waals surface area contributed by atoms with Gasteiger partial charge >= 0.3 is 5.97 Å². The van der Waals surface area contributed by atoms with Crippen molar-refractivity contribution in [3.05, 3.63) is 35.4 Å². The standard InChI is InChI=1S/C11H10ClNO2/c1-15-11(14)10-5-3-2-4-8(10)6-9(12)7-13/h2-5,9H,6H2,1H3/t9-/m0/s1. The Bertz CT molecular complexity index is 398. The molecule has 0 aromatic heterocycles. The zero-order chi connectivity index (χ0) is 11.3. The molecular formula is C11H10ClNO2. The summed E-state index contributed by atoms with van der Waals surface area (Å²) in [6, 6.07) is 8.86. The van der Waals surface area contributed by atoms with Crippen molar-refractivity contribution in [1.82, 2.24) is 0 Å². The first kappa shape index (κ1) is 11.5. The van der Waals surface area contributed by atoms with E-state index in [4.69, 9.17) is 16.9 Å². The van der Waals surface area contributed by atoms with Gasteiger partial charge in [0.25, 0.3) is 0 Å². The molecule has 3 nitrogen and oxygen atoms in total. The molecule has 78 valence electrons. The van der Waals surface area contributed by atoms with Crippen LogP contribution in [-0.2, 0) is 11.2 Å². The maximum atomic E-state index is 11.4. The van der Waals surface area contributed by atoms with E-state index in [-0.39, 0.29) is 0 Å². The summed E-state index contributed by atoms with van der Waals surface area (Å²) in [5.41, 5.74) is 1.19. The average Bonchev–Trinajstić information content (AvgIpc) is 2.28. The minimum Gasteiger partial charge on any atom is -0.465 e. The number of rotatable bonds is 3. The molecule has 0 aliphatic rings. The van der Waals surface area contributed by atoms with Crippen LogP contribution >= 0.6 is 11.6 Å². The molecule has 1 rings (SSSR count). The summed E-state index contributed by atoms with van der Waals surface area (Å²) in [5, 5.41) is 7.96. The highest BCUT2D eigenvalue weighted by Gasteiger charge is 2.13. The van der Waals surface area contributed by atoms with Crippen LogP contribution in [0.1, 0.15) is 15.9 Å². The molecule has 0 saturated heterocycles. The Hall–Kier alpha value is -1.53. The first-order chi connectivity index (χ1) is 7.19. The van der Waals surface area contributed by atoms with E-state index in [0.717, 1.165) is 5.56 Å². The lowest BCUT2D eigenvalue weighted by molar-refractivity contribution is 0.0599. The van der Waals surface area contributed by atoms with Crippen LogP contribution < -0.4 is 0 Å². The van der Waals surface area contributed by atoms with Crippen molar-refractivity contribution in [2.45, 2.75) is 11.8 Å². The molecular weight excluding hydrogens is 214 g/mol. The molecule has 0 fully saturated rings. The SMILES string of the molecule is COC(=O)c1ccccc1C[C@H](Cl)C#N. The van der Waals surface area contributed by atoms with Crippen LogP contribution in [0.4, 0.5) is 0 Å². The smallest absolute Gasteiger partial charge is 0.338 e. The molecule has 0 amide bonds. The Morgan fingerprint density at radius 3 is 2.87 bits per heavy atom. The molecule has 0 aliphatic heterocycles. The lowest BCUT2D eigenvalue weighted by atomic mass is 10.0. The maximum absolute atomic E-state index is 11.4. The highest BCUT2D eigenvalue weighted by Crippen LogP contribution is 2.14. The van der Waals surface area contributed by atoms with Crippen molar-refractivity contribution in [3.63, 3.8) is 0 Å². The van der Waals surface area contributed by atoms with Gasteiger partial charge in [-0.1, -0.05) is 18.2 Å². The van der Waals surface area contributed by atoms with E-state index in [1.165, 1.54) is 7.11 Å². The van der Waals surface area contributed by atoms with Gasteiger partial charge < -0.3 is 4.74 Å². The Kier molecular flexibility index (Phi) is 4.14. The molecule has 0 spiro atoms. The molecule has 0 saturated carbocycles. The highest BCUT2D eigenvalue weighted by molar-refractivity contribution is 6.22. The number of carbonyl (C=O) groups excluding carboxylic acids is 1. The van der Waals surface area contributed by atoms with Gasteiger partial charge in [0.05, 0.1) is 18.7 Å². The van der Waals surface area contributed by atoms with Gasteiger partial charge in [0.2, 0.25) is 0 Å². The van der Waals surface area contributed by atoms with Gasteiger partial charge in [0, 0.05) is 6.42 Å². The minimum absolute atomic E-state index is 0.337. The van der Waals surface area contributed by atoms with Gasteiger partial charge in [0.1, 0.15) is 5.38 Å². The van der Waals surface area contributed by atoms with Crippen molar-refractivity contribution in [2.75, 3.05) is 7.11 Å². The maximum Gasteiger partial charge on any atom is 0.338 e. The zero-order valence-corrected chi connectivity index (χ0v) is 8.99. The molecule has 0 unspecified atom stereocenters. The second-order valence-corrected chi connectivity index (χ2v) is 3.48. The molecule has 0 bridgehead atoms. The Balaban J connectivity index is 2.97. The quantitative estimate of drug-likeness (QED) is 0.583. The van der Waals surface area contributed by atoms with E-state index < -0.39 is 11.3 Å². The second kappa shape index (κ2) is 5.38. The fourth-order valence-corrected chi connectivity index (χ4v) is 1.41. The van der Waals surface area contributed by atoms with Crippen molar-refractivity contribution in [1.29, 1.82) is 5.26 Å². The molecule has 1 aromatic carbocycles. The predicted octanol–water partition coefficient (Wildman–Crippen LogP) is 2.15. The highest BCUT2D eigenvalue weighted by atomic mass is 35.5. The van der Waals surface area contributed by atoms with Crippen molar-refractivity contribution >= 4 is 17.6 Å². The Labute approximate surface area is 93.2 Å². The summed E-state index contributed by atoms with van der Waals surface area (Å²) in [6.07, 6.45) is 0.337. The van der Waals surface area contributed by atoms with Gasteiger partial charge in [-0.25, -0.2) is 4.79 Å². The third kappa shape index (κ3) is 2.97. The number of carbonyl (C=O) groups is 1. The predicted molar refractivity (Wildman–Crippen MR) is 56.7 cm³/mol. The van der Waals surface area contributed by atoms with Gasteiger partial charge in [-0.15, -0.1) is 11.6 Å². The molecule has 15 heavy (non-hydrogen) atoms. The Morgan fingerprint density at radius 1 is 1.60 bits per heavy atom. The van der Waals surface area contributed by atoms with Crippen LogP contribution in [0.2, 0.25) is 0 Å². The Morgan fingerprint density at radius 2 is 2.27 bits per heavy atom. The summed E-state index contributed by atoms with van der Waals surface area (Å²) < 4.78 is 4.63. The molecule has 0 radical (unpaired) electrons. The van der Waals surface area contributed by atoms with Crippen LogP contribution in [0.25, 0.3) is 0 Å². The van der Waals surface area contributed by atoms with Gasteiger partial charge in [-0.05, 0) is 11.6 Å². The lowest BCUT2D eigenvalue weighted by Gasteiger charge is -2.07. The van der Waals surface area contributed by atoms with E-state index in [1.807, 2.05) is 6.07 Å². The molecule has 0 N–H and O–H groups in total. The lowest BCUT2D eigenvalue weighted by Crippen LogP contribution is -2.09. The number of alkyl halides is 1. The molecule has 4 heteroatoms. The zero-order valence-electron chi connectivity index (χ0n) is 8.24. The van der Waals surface area contributed by atoms with Crippen molar-refractivity contribution in [3.8, 4) is 6.07 Å². The monoisotopic (exact) mass is 223 g/mol. The van der Waals surface area contributed by atoms with E-state index in [2.05, 4.69) is 4.74 Å². The summed E-state index contributed by atoms with van der Waals surface area (Å²) in [6.45, 7) is 0. The number of methoxy groups -OCH3 is 1. The van der Waals surface area contributed by atoms with Gasteiger partial charge in [0.15, 0.2) is 0 Å². The van der Waals surface area contributed by atoms with Crippen LogP contribution in [0.5, 0.6) is 0 Å². The summed E-state index contributed by atoms with van der Waals surface area (Å²) in [7, 11) is 1.32.